The van der Waals surface area contributed by atoms with E-state index in [-0.39, 0.29) is 17.8 Å². The summed E-state index contributed by atoms with van der Waals surface area (Å²) in [6.07, 6.45) is 3.57. The largest absolute Gasteiger partial charge is 0.378 e. The predicted octanol–water partition coefficient (Wildman–Crippen LogP) is 2.74. The highest BCUT2D eigenvalue weighted by Gasteiger charge is 1.94. The fourth-order valence-electron chi connectivity index (χ4n) is 1.15. The molecule has 0 bridgehead atoms. The molecule has 1 atom stereocenters. The number of pyridine rings is 1. The normalized spacial score (nSPS) is 11.0. The van der Waals surface area contributed by atoms with Crippen LogP contribution in [0.2, 0.25) is 0 Å². The molecular weight excluding hydrogens is 257 g/mol. The summed E-state index contributed by atoms with van der Waals surface area (Å²) in [4.78, 5) is 8.01. The topological polar surface area (TPSA) is 19.4 Å². The standard InChI is InChI=1S/C7H10N2.C5H12ClN.ClH/c1-9(2)7-3-5-8-6-4-7;1-5(6)4-7(2)3;/h3-6H,1-2H3;5H,4H2,1-3H3;1H. The maximum atomic E-state index is 5.63. The predicted molar refractivity (Wildman–Crippen MR) is 79.7 cm³/mol. The molecule has 0 aromatic carbocycles. The number of hydrogen-bond donors (Lipinski definition) is 0. The van der Waals surface area contributed by atoms with Gasteiger partial charge < -0.3 is 9.80 Å². The van der Waals surface area contributed by atoms with Crippen LogP contribution in [-0.4, -0.2) is 50.0 Å². The van der Waals surface area contributed by atoms with E-state index in [2.05, 4.69) is 9.88 Å². The molecule has 0 aliphatic heterocycles. The number of hydrogen-bond acceptors (Lipinski definition) is 3. The molecule has 0 aliphatic rings. The van der Waals surface area contributed by atoms with Crippen LogP contribution in [-0.2, 0) is 0 Å². The SMILES string of the molecule is CC(Cl)CN(C)C.CN(C)c1ccncc1.Cl. The number of alkyl halides is 1. The molecule has 5 heteroatoms. The highest BCUT2D eigenvalue weighted by molar-refractivity contribution is 6.20. The van der Waals surface area contributed by atoms with Gasteiger partial charge in [-0.2, -0.15) is 0 Å². The molecule has 1 unspecified atom stereocenters. The van der Waals surface area contributed by atoms with Gasteiger partial charge in [0.1, 0.15) is 0 Å². The second-order valence-electron chi connectivity index (χ2n) is 4.14. The van der Waals surface area contributed by atoms with Gasteiger partial charge >= 0.3 is 0 Å². The number of rotatable bonds is 3. The molecule has 1 aromatic heterocycles. The molecule has 0 N–H and O–H groups in total. The Morgan fingerprint density at radius 2 is 1.65 bits per heavy atom. The molecule has 0 spiro atoms. The Hall–Kier alpha value is -0.510. The Morgan fingerprint density at radius 1 is 1.18 bits per heavy atom. The van der Waals surface area contributed by atoms with Gasteiger partial charge in [0.25, 0.3) is 0 Å². The van der Waals surface area contributed by atoms with Crippen molar-refractivity contribution in [3.05, 3.63) is 24.5 Å². The van der Waals surface area contributed by atoms with E-state index in [0.717, 1.165) is 6.54 Å². The molecule has 1 rings (SSSR count). The molecule has 0 aliphatic carbocycles. The molecule has 1 aromatic rings. The van der Waals surface area contributed by atoms with Gasteiger partial charge in [-0.25, -0.2) is 0 Å². The van der Waals surface area contributed by atoms with Crippen molar-refractivity contribution in [1.82, 2.24) is 9.88 Å². The minimum Gasteiger partial charge on any atom is -0.378 e. The fraction of sp³-hybridized carbons (Fsp3) is 0.583. The van der Waals surface area contributed by atoms with Gasteiger partial charge in [0.2, 0.25) is 0 Å². The van der Waals surface area contributed by atoms with Crippen LogP contribution in [0.4, 0.5) is 5.69 Å². The van der Waals surface area contributed by atoms with E-state index in [9.17, 15) is 0 Å². The second-order valence-corrected chi connectivity index (χ2v) is 4.89. The van der Waals surface area contributed by atoms with Gasteiger partial charge in [-0.3, -0.25) is 4.98 Å². The van der Waals surface area contributed by atoms with Crippen molar-refractivity contribution in [2.24, 2.45) is 0 Å². The van der Waals surface area contributed by atoms with Crippen molar-refractivity contribution in [3.8, 4) is 0 Å². The summed E-state index contributed by atoms with van der Waals surface area (Å²) in [5.41, 5.74) is 1.19. The average molecular weight is 280 g/mol. The van der Waals surface area contributed by atoms with Crippen molar-refractivity contribution in [3.63, 3.8) is 0 Å². The van der Waals surface area contributed by atoms with Crippen LogP contribution in [0.1, 0.15) is 6.92 Å². The van der Waals surface area contributed by atoms with E-state index in [1.165, 1.54) is 5.69 Å². The number of aromatic nitrogens is 1. The van der Waals surface area contributed by atoms with Crippen molar-refractivity contribution in [1.29, 1.82) is 0 Å². The van der Waals surface area contributed by atoms with Crippen LogP contribution >= 0.6 is 24.0 Å². The Morgan fingerprint density at radius 3 is 1.82 bits per heavy atom. The fourth-order valence-corrected chi connectivity index (χ4v) is 1.42. The van der Waals surface area contributed by atoms with E-state index in [0.29, 0.717) is 0 Å². The second kappa shape index (κ2) is 10.6. The number of anilines is 1. The van der Waals surface area contributed by atoms with Crippen LogP contribution < -0.4 is 4.90 Å². The van der Waals surface area contributed by atoms with E-state index in [1.54, 1.807) is 12.4 Å². The molecule has 0 amide bonds. The first-order valence-corrected chi connectivity index (χ1v) is 5.73. The van der Waals surface area contributed by atoms with Crippen molar-refractivity contribution in [2.45, 2.75) is 12.3 Å². The lowest BCUT2D eigenvalue weighted by Gasteiger charge is -2.10. The maximum Gasteiger partial charge on any atom is 0.0434 e. The van der Waals surface area contributed by atoms with Gasteiger partial charge in [-0.15, -0.1) is 24.0 Å². The average Bonchev–Trinajstić information content (AvgIpc) is 2.17. The van der Waals surface area contributed by atoms with Crippen LogP contribution in [0.3, 0.4) is 0 Å². The van der Waals surface area contributed by atoms with E-state index < -0.39 is 0 Å². The monoisotopic (exact) mass is 279 g/mol. The zero-order valence-electron chi connectivity index (χ0n) is 11.2. The van der Waals surface area contributed by atoms with Gasteiger partial charge in [0, 0.05) is 44.1 Å². The zero-order valence-corrected chi connectivity index (χ0v) is 12.8. The molecule has 100 valence electrons. The molecule has 0 saturated heterocycles. The summed E-state index contributed by atoms with van der Waals surface area (Å²) < 4.78 is 0. The lowest BCUT2D eigenvalue weighted by atomic mass is 10.4. The first-order valence-electron chi connectivity index (χ1n) is 5.29. The van der Waals surface area contributed by atoms with Gasteiger partial charge in [0.05, 0.1) is 0 Å². The summed E-state index contributed by atoms with van der Waals surface area (Å²) in [7, 11) is 8.04. The molecule has 3 nitrogen and oxygen atoms in total. The van der Waals surface area contributed by atoms with E-state index in [4.69, 9.17) is 11.6 Å². The molecule has 0 saturated carbocycles. The Balaban J connectivity index is 0. The highest BCUT2D eigenvalue weighted by atomic mass is 35.5. The van der Waals surface area contributed by atoms with Crippen LogP contribution in [0.5, 0.6) is 0 Å². The lowest BCUT2D eigenvalue weighted by Crippen LogP contribution is -2.19. The number of nitrogens with zero attached hydrogens (tertiary/aromatic N) is 3. The summed E-state index contributed by atoms with van der Waals surface area (Å²) in [5, 5.41) is 0.273. The van der Waals surface area contributed by atoms with Crippen LogP contribution in [0, 0.1) is 0 Å². The van der Waals surface area contributed by atoms with E-state index >= 15 is 0 Å². The van der Waals surface area contributed by atoms with E-state index in [1.807, 2.05) is 52.1 Å². The molecule has 0 radical (unpaired) electrons. The molecule has 0 fully saturated rings. The summed E-state index contributed by atoms with van der Waals surface area (Å²) in [6.45, 7) is 2.95. The smallest absolute Gasteiger partial charge is 0.0434 e. The van der Waals surface area contributed by atoms with Crippen molar-refractivity contribution in [2.75, 3.05) is 39.6 Å². The van der Waals surface area contributed by atoms with Gasteiger partial charge in [0.15, 0.2) is 0 Å². The van der Waals surface area contributed by atoms with Crippen LogP contribution in [0.25, 0.3) is 0 Å². The lowest BCUT2D eigenvalue weighted by molar-refractivity contribution is 0.411. The first-order chi connectivity index (χ1) is 7.43. The van der Waals surface area contributed by atoms with Crippen LogP contribution in [0.15, 0.2) is 24.5 Å². The highest BCUT2D eigenvalue weighted by Crippen LogP contribution is 2.05. The Labute approximate surface area is 116 Å². The van der Waals surface area contributed by atoms with Crippen molar-refractivity contribution < 1.29 is 0 Å². The molecule has 17 heavy (non-hydrogen) atoms. The molecule has 1 heterocycles. The zero-order chi connectivity index (χ0) is 12.6. The summed E-state index contributed by atoms with van der Waals surface area (Å²) in [5.74, 6) is 0. The van der Waals surface area contributed by atoms with Gasteiger partial charge in [-0.05, 0) is 33.2 Å². The number of halogens is 2. The van der Waals surface area contributed by atoms with Gasteiger partial charge in [-0.1, -0.05) is 0 Å². The summed E-state index contributed by atoms with van der Waals surface area (Å²) >= 11 is 5.63. The Bertz CT molecular complexity index is 258. The van der Waals surface area contributed by atoms with Crippen molar-refractivity contribution >= 4 is 29.7 Å². The minimum absolute atomic E-state index is 0. The molecular formula is C12H23Cl2N3. The minimum atomic E-state index is 0. The third-order valence-corrected chi connectivity index (χ3v) is 1.93. The maximum absolute atomic E-state index is 5.63. The quantitative estimate of drug-likeness (QED) is 0.794. The summed E-state index contributed by atoms with van der Waals surface area (Å²) in [6, 6.07) is 3.94. The Kier molecular flexibility index (Phi) is 11.8. The third-order valence-electron chi connectivity index (χ3n) is 1.80. The third kappa shape index (κ3) is 11.7. The first kappa shape index (κ1) is 18.8.